The van der Waals surface area contributed by atoms with E-state index in [9.17, 15) is 0 Å². The van der Waals surface area contributed by atoms with Crippen molar-refractivity contribution in [2.75, 3.05) is 0 Å². The van der Waals surface area contributed by atoms with Crippen molar-refractivity contribution in [2.45, 2.75) is 39.5 Å². The number of aromatic nitrogens is 1. The van der Waals surface area contributed by atoms with Crippen LogP contribution in [0.4, 0.5) is 0 Å². The zero-order valence-electron chi connectivity index (χ0n) is 8.48. The van der Waals surface area contributed by atoms with Crippen molar-refractivity contribution >= 4 is 12.2 Å². The van der Waals surface area contributed by atoms with Gasteiger partial charge in [-0.2, -0.15) is 0 Å². The molecular weight excluding hydrogens is 158 g/mol. The molecule has 1 nitrogen and oxygen atoms in total. The van der Waals surface area contributed by atoms with Crippen molar-refractivity contribution in [2.24, 2.45) is 0 Å². The monoisotopic (exact) mass is 175 g/mol. The molecule has 13 heavy (non-hydrogen) atoms. The molecule has 1 aliphatic rings. The molecule has 1 aliphatic carbocycles. The molecule has 70 valence electrons. The molecule has 0 atom stereocenters. The van der Waals surface area contributed by atoms with Gasteiger partial charge < -0.3 is 4.98 Å². The zero-order chi connectivity index (χ0) is 9.26. The molecule has 0 aromatic carbocycles. The van der Waals surface area contributed by atoms with Crippen LogP contribution in [0.15, 0.2) is 0 Å². The Balaban J connectivity index is 2.72. The summed E-state index contributed by atoms with van der Waals surface area (Å²) < 4.78 is 0. The molecule has 1 heteroatoms. The van der Waals surface area contributed by atoms with Gasteiger partial charge in [-0.3, -0.25) is 0 Å². The van der Waals surface area contributed by atoms with Gasteiger partial charge in [0.1, 0.15) is 0 Å². The fourth-order valence-corrected chi connectivity index (χ4v) is 2.29. The van der Waals surface area contributed by atoms with E-state index in [0.717, 1.165) is 0 Å². The Hall–Kier alpha value is -0.980. The first-order valence-electron chi connectivity index (χ1n) is 5.19. The molecule has 0 saturated heterocycles. The lowest BCUT2D eigenvalue weighted by Crippen LogP contribution is -2.24. The number of rotatable bonds is 0. The van der Waals surface area contributed by atoms with Crippen LogP contribution in [0.5, 0.6) is 0 Å². The summed E-state index contributed by atoms with van der Waals surface area (Å²) in [5.74, 6) is 0. The lowest BCUT2D eigenvalue weighted by molar-refractivity contribution is 0.675. The van der Waals surface area contributed by atoms with E-state index in [1.54, 1.807) is 5.56 Å². The third-order valence-electron chi connectivity index (χ3n) is 2.95. The van der Waals surface area contributed by atoms with Gasteiger partial charge in [-0.25, -0.2) is 0 Å². The summed E-state index contributed by atoms with van der Waals surface area (Å²) in [6.07, 6.45) is 9.61. The molecule has 1 aromatic rings. The average Bonchev–Trinajstić information content (AvgIpc) is 2.55. The highest BCUT2D eigenvalue weighted by atomic mass is 14.7. The number of nitrogens with one attached hydrogen (secondary N) is 1. The van der Waals surface area contributed by atoms with Gasteiger partial charge in [0.05, 0.1) is 0 Å². The van der Waals surface area contributed by atoms with Crippen LogP contribution in [-0.4, -0.2) is 4.98 Å². The smallest absolute Gasteiger partial charge is 0.0412 e. The van der Waals surface area contributed by atoms with Gasteiger partial charge >= 0.3 is 0 Å². The van der Waals surface area contributed by atoms with E-state index >= 15 is 0 Å². The molecule has 0 unspecified atom stereocenters. The van der Waals surface area contributed by atoms with E-state index in [1.165, 1.54) is 41.9 Å². The van der Waals surface area contributed by atoms with E-state index in [1.807, 2.05) is 0 Å². The third kappa shape index (κ3) is 1.32. The Morgan fingerprint density at radius 1 is 1.08 bits per heavy atom. The van der Waals surface area contributed by atoms with Crippen molar-refractivity contribution in [3.8, 4) is 0 Å². The van der Waals surface area contributed by atoms with Crippen molar-refractivity contribution < 1.29 is 0 Å². The molecule has 2 rings (SSSR count). The van der Waals surface area contributed by atoms with Gasteiger partial charge in [0.15, 0.2) is 0 Å². The van der Waals surface area contributed by atoms with Crippen molar-refractivity contribution in [1.82, 2.24) is 4.98 Å². The van der Waals surface area contributed by atoms with E-state index in [2.05, 4.69) is 31.0 Å². The molecule has 1 aromatic heterocycles. The fraction of sp³-hybridized carbons (Fsp3) is 0.500. The van der Waals surface area contributed by atoms with E-state index in [4.69, 9.17) is 0 Å². The van der Waals surface area contributed by atoms with Gasteiger partial charge in [0.2, 0.25) is 0 Å². The molecule has 1 N–H and O–H groups in total. The van der Waals surface area contributed by atoms with Crippen molar-refractivity contribution in [1.29, 1.82) is 0 Å². The highest BCUT2D eigenvalue weighted by Crippen LogP contribution is 2.14. The standard InChI is InChI=1S/C12H17N/c1-3-9-10-7-5-6-8-12(10)13-11(9)4-2/h3-4,13H,5-8H2,1-2H3/b9-3-,11-4+. The summed E-state index contributed by atoms with van der Waals surface area (Å²) in [6, 6.07) is 0. The number of hydrogen-bond acceptors (Lipinski definition) is 0. The second kappa shape index (κ2) is 3.41. The van der Waals surface area contributed by atoms with Crippen LogP contribution in [-0.2, 0) is 12.8 Å². The fourth-order valence-electron chi connectivity index (χ4n) is 2.29. The molecular formula is C12H17N. The topological polar surface area (TPSA) is 15.8 Å². The summed E-state index contributed by atoms with van der Waals surface area (Å²) in [4.78, 5) is 3.52. The Bertz CT molecular complexity index is 409. The predicted octanol–water partition coefficient (Wildman–Crippen LogP) is 1.49. The number of H-pyrrole nitrogens is 1. The maximum Gasteiger partial charge on any atom is 0.0412 e. The van der Waals surface area contributed by atoms with E-state index in [-0.39, 0.29) is 0 Å². The van der Waals surface area contributed by atoms with Gasteiger partial charge in [0, 0.05) is 11.0 Å². The molecule has 0 aliphatic heterocycles. The first-order valence-corrected chi connectivity index (χ1v) is 5.19. The van der Waals surface area contributed by atoms with Crippen LogP contribution in [0.1, 0.15) is 37.9 Å². The van der Waals surface area contributed by atoms with Crippen LogP contribution >= 0.6 is 0 Å². The quantitative estimate of drug-likeness (QED) is 0.615. The SMILES string of the molecule is C/C=c1/c2c([nH]/c1=C/C)CCCC2. The van der Waals surface area contributed by atoms with Gasteiger partial charge in [-0.15, -0.1) is 0 Å². The number of hydrogen-bond donors (Lipinski definition) is 1. The molecule has 0 saturated carbocycles. The molecule has 0 radical (unpaired) electrons. The largest absolute Gasteiger partial charge is 0.358 e. The predicted molar refractivity (Wildman–Crippen MR) is 57.0 cm³/mol. The minimum Gasteiger partial charge on any atom is -0.358 e. The second-order valence-corrected chi connectivity index (χ2v) is 3.69. The summed E-state index contributed by atoms with van der Waals surface area (Å²) in [5, 5.41) is 2.76. The summed E-state index contributed by atoms with van der Waals surface area (Å²) in [7, 11) is 0. The average molecular weight is 175 g/mol. The Morgan fingerprint density at radius 2 is 1.85 bits per heavy atom. The maximum atomic E-state index is 3.52. The Kier molecular flexibility index (Phi) is 2.26. The first kappa shape index (κ1) is 8.61. The summed E-state index contributed by atoms with van der Waals surface area (Å²) in [5.41, 5.74) is 3.05. The van der Waals surface area contributed by atoms with Crippen LogP contribution in [0.3, 0.4) is 0 Å². The third-order valence-corrected chi connectivity index (χ3v) is 2.95. The Labute approximate surface area is 79.2 Å². The normalized spacial score (nSPS) is 19.2. The minimum atomic E-state index is 1.24. The first-order chi connectivity index (χ1) is 6.36. The van der Waals surface area contributed by atoms with Crippen LogP contribution < -0.4 is 10.6 Å². The van der Waals surface area contributed by atoms with Crippen LogP contribution in [0.25, 0.3) is 12.2 Å². The molecule has 0 amide bonds. The maximum absolute atomic E-state index is 3.52. The molecule has 0 bridgehead atoms. The second-order valence-electron chi connectivity index (χ2n) is 3.69. The summed E-state index contributed by atoms with van der Waals surface area (Å²) in [6.45, 7) is 4.23. The summed E-state index contributed by atoms with van der Waals surface area (Å²) >= 11 is 0. The molecule has 1 heterocycles. The highest BCUT2D eigenvalue weighted by molar-refractivity contribution is 5.36. The van der Waals surface area contributed by atoms with Crippen LogP contribution in [0.2, 0.25) is 0 Å². The van der Waals surface area contributed by atoms with Gasteiger partial charge in [-0.05, 0) is 50.3 Å². The Morgan fingerprint density at radius 3 is 2.54 bits per heavy atom. The molecule has 0 spiro atoms. The number of aromatic amines is 1. The van der Waals surface area contributed by atoms with Crippen LogP contribution in [0, 0.1) is 0 Å². The lowest BCUT2D eigenvalue weighted by atomic mass is 9.97. The van der Waals surface area contributed by atoms with Gasteiger partial charge in [0.25, 0.3) is 0 Å². The zero-order valence-corrected chi connectivity index (χ0v) is 8.48. The minimum absolute atomic E-state index is 1.24. The lowest BCUT2D eigenvalue weighted by Gasteiger charge is -2.09. The van der Waals surface area contributed by atoms with E-state index < -0.39 is 0 Å². The van der Waals surface area contributed by atoms with Crippen molar-refractivity contribution in [3.63, 3.8) is 0 Å². The number of fused-ring (bicyclic) bond motifs is 1. The van der Waals surface area contributed by atoms with E-state index in [0.29, 0.717) is 0 Å². The van der Waals surface area contributed by atoms with Gasteiger partial charge in [-0.1, -0.05) is 12.2 Å². The molecule has 0 fully saturated rings. The highest BCUT2D eigenvalue weighted by Gasteiger charge is 2.11. The number of aryl methyl sites for hydroxylation is 1. The van der Waals surface area contributed by atoms with Crippen molar-refractivity contribution in [3.05, 3.63) is 21.8 Å².